The number of rotatable bonds is 4. The van der Waals surface area contributed by atoms with Crippen LogP contribution in [0.25, 0.3) is 6.08 Å². The Morgan fingerprint density at radius 1 is 1.35 bits per heavy atom. The average Bonchev–Trinajstić information content (AvgIpc) is 2.58. The van der Waals surface area contributed by atoms with Gasteiger partial charge in [-0.25, -0.2) is 9.59 Å². The van der Waals surface area contributed by atoms with Gasteiger partial charge < -0.3 is 14.6 Å². The number of halogens is 1. The van der Waals surface area contributed by atoms with E-state index in [1.54, 1.807) is 12.1 Å². The second kappa shape index (κ2) is 5.67. The van der Waals surface area contributed by atoms with Gasteiger partial charge in [0.05, 0.1) is 5.57 Å². The summed E-state index contributed by atoms with van der Waals surface area (Å²) in [5.74, 6) is -2.03. The van der Waals surface area contributed by atoms with Crippen LogP contribution >= 0.6 is 22.6 Å². The molecular weight excluding hydrogens is 339 g/mol. The van der Waals surface area contributed by atoms with E-state index >= 15 is 0 Å². The monoisotopic (exact) mass is 348 g/mol. The standard InChI is InChI=1S/C11H9IO5/c1-6(4-10(13)14)8(11(15)16)5-7-2-3-9(12)17-7/h2-5H,1H3,(H,13,14)(H,15,16)/b6-4-,8-5-. The number of aliphatic carboxylic acids is 2. The highest BCUT2D eigenvalue weighted by molar-refractivity contribution is 14.1. The largest absolute Gasteiger partial charge is 0.478 e. The Kier molecular flexibility index (Phi) is 4.50. The third kappa shape index (κ3) is 4.06. The fourth-order valence-electron chi connectivity index (χ4n) is 1.16. The van der Waals surface area contributed by atoms with Crippen LogP contribution in [0.4, 0.5) is 0 Å². The lowest BCUT2D eigenvalue weighted by Gasteiger charge is -2.00. The van der Waals surface area contributed by atoms with Gasteiger partial charge in [-0.1, -0.05) is 0 Å². The molecule has 0 atom stereocenters. The molecule has 0 spiro atoms. The molecule has 0 aromatic carbocycles. The van der Waals surface area contributed by atoms with Crippen molar-refractivity contribution in [3.05, 3.63) is 38.9 Å². The third-order valence-corrected chi connectivity index (χ3v) is 2.46. The number of furan rings is 1. The maximum absolute atomic E-state index is 11.0. The molecule has 0 amide bonds. The minimum Gasteiger partial charge on any atom is -0.478 e. The molecule has 1 aromatic heterocycles. The van der Waals surface area contributed by atoms with E-state index in [1.807, 2.05) is 22.6 Å². The second-order valence-electron chi connectivity index (χ2n) is 3.17. The van der Waals surface area contributed by atoms with E-state index in [0.29, 0.717) is 9.53 Å². The Labute approximate surface area is 111 Å². The van der Waals surface area contributed by atoms with Gasteiger partial charge in [0, 0.05) is 6.08 Å². The van der Waals surface area contributed by atoms with E-state index in [-0.39, 0.29) is 11.1 Å². The Hall–Kier alpha value is -1.57. The first-order valence-corrected chi connectivity index (χ1v) is 5.60. The van der Waals surface area contributed by atoms with Gasteiger partial charge in [-0.3, -0.25) is 0 Å². The molecule has 0 aliphatic carbocycles. The quantitative estimate of drug-likeness (QED) is 0.496. The van der Waals surface area contributed by atoms with Crippen molar-refractivity contribution in [2.75, 3.05) is 0 Å². The Morgan fingerprint density at radius 2 is 2.00 bits per heavy atom. The third-order valence-electron chi connectivity index (χ3n) is 1.88. The van der Waals surface area contributed by atoms with E-state index in [4.69, 9.17) is 14.6 Å². The van der Waals surface area contributed by atoms with Crippen molar-refractivity contribution in [3.63, 3.8) is 0 Å². The second-order valence-corrected chi connectivity index (χ2v) is 4.23. The zero-order chi connectivity index (χ0) is 13.0. The zero-order valence-electron chi connectivity index (χ0n) is 8.81. The predicted molar refractivity (Wildman–Crippen MR) is 68.4 cm³/mol. The van der Waals surface area contributed by atoms with E-state index in [2.05, 4.69) is 0 Å². The average molecular weight is 348 g/mol. The van der Waals surface area contributed by atoms with Gasteiger partial charge in [-0.2, -0.15) is 0 Å². The van der Waals surface area contributed by atoms with Gasteiger partial charge >= 0.3 is 11.9 Å². The predicted octanol–water partition coefficient (Wildman–Crippen LogP) is 2.38. The summed E-state index contributed by atoms with van der Waals surface area (Å²) in [4.78, 5) is 21.5. The molecule has 2 N–H and O–H groups in total. The number of carboxylic acids is 2. The highest BCUT2D eigenvalue weighted by Gasteiger charge is 2.12. The van der Waals surface area contributed by atoms with Crippen molar-refractivity contribution in [2.24, 2.45) is 0 Å². The van der Waals surface area contributed by atoms with Gasteiger partial charge in [0.1, 0.15) is 5.76 Å². The molecule has 0 saturated heterocycles. The van der Waals surface area contributed by atoms with Crippen molar-refractivity contribution in [3.8, 4) is 0 Å². The van der Waals surface area contributed by atoms with Crippen LogP contribution < -0.4 is 0 Å². The molecule has 90 valence electrons. The first kappa shape index (κ1) is 13.5. The highest BCUT2D eigenvalue weighted by atomic mass is 127. The summed E-state index contributed by atoms with van der Waals surface area (Å²) in [6.07, 6.45) is 2.13. The number of carboxylic acid groups (broad SMARTS) is 2. The molecule has 6 heteroatoms. The van der Waals surface area contributed by atoms with E-state index in [9.17, 15) is 9.59 Å². The van der Waals surface area contributed by atoms with Crippen LogP contribution in [-0.2, 0) is 9.59 Å². The molecule has 17 heavy (non-hydrogen) atoms. The van der Waals surface area contributed by atoms with Crippen LogP contribution in [0.1, 0.15) is 12.7 Å². The molecule has 1 aromatic rings. The molecule has 0 unspecified atom stereocenters. The first-order valence-electron chi connectivity index (χ1n) is 4.52. The highest BCUT2D eigenvalue weighted by Crippen LogP contribution is 2.17. The molecule has 0 saturated carbocycles. The molecule has 0 radical (unpaired) electrons. The summed E-state index contributed by atoms with van der Waals surface area (Å²) in [6, 6.07) is 3.29. The topological polar surface area (TPSA) is 87.7 Å². The fraction of sp³-hybridized carbons (Fsp3) is 0.0909. The lowest BCUT2D eigenvalue weighted by atomic mass is 10.1. The molecule has 0 bridgehead atoms. The molecule has 1 rings (SSSR count). The molecule has 1 heterocycles. The number of hydrogen-bond donors (Lipinski definition) is 2. The van der Waals surface area contributed by atoms with Gasteiger partial charge in [0.25, 0.3) is 0 Å². The molecular formula is C11H9IO5. The SMILES string of the molecule is CC(=C/C(=O)O)/C(=C/c1ccc(I)o1)C(=O)O. The van der Waals surface area contributed by atoms with Gasteiger partial charge in [-0.15, -0.1) is 0 Å². The summed E-state index contributed by atoms with van der Waals surface area (Å²) in [6.45, 7) is 1.42. The van der Waals surface area contributed by atoms with Crippen LogP contribution in [0.5, 0.6) is 0 Å². The van der Waals surface area contributed by atoms with Crippen LogP contribution in [0.15, 0.2) is 33.8 Å². The van der Waals surface area contributed by atoms with Gasteiger partial charge in [0.2, 0.25) is 0 Å². The normalized spacial score (nSPS) is 12.6. The maximum atomic E-state index is 11.0. The summed E-state index contributed by atoms with van der Waals surface area (Å²) in [5.41, 5.74) is 0.0366. The lowest BCUT2D eigenvalue weighted by Crippen LogP contribution is -2.03. The van der Waals surface area contributed by atoms with Crippen LogP contribution in [-0.4, -0.2) is 22.2 Å². The Balaban J connectivity index is 3.14. The smallest absolute Gasteiger partial charge is 0.336 e. The number of hydrogen-bond acceptors (Lipinski definition) is 3. The number of carbonyl (C=O) groups is 2. The van der Waals surface area contributed by atoms with Crippen LogP contribution in [0.2, 0.25) is 0 Å². The van der Waals surface area contributed by atoms with E-state index in [1.165, 1.54) is 13.0 Å². The summed E-state index contributed by atoms with van der Waals surface area (Å²) in [5, 5.41) is 17.5. The van der Waals surface area contributed by atoms with Gasteiger partial charge in [0.15, 0.2) is 3.77 Å². The summed E-state index contributed by atoms with van der Waals surface area (Å²) in [7, 11) is 0. The molecule has 0 aliphatic heterocycles. The van der Waals surface area contributed by atoms with Crippen molar-refractivity contribution in [2.45, 2.75) is 6.92 Å². The van der Waals surface area contributed by atoms with Crippen molar-refractivity contribution in [1.29, 1.82) is 0 Å². The van der Waals surface area contributed by atoms with Crippen molar-refractivity contribution in [1.82, 2.24) is 0 Å². The van der Waals surface area contributed by atoms with Crippen LogP contribution in [0.3, 0.4) is 0 Å². The van der Waals surface area contributed by atoms with E-state index < -0.39 is 11.9 Å². The van der Waals surface area contributed by atoms with Gasteiger partial charge in [-0.05, 0) is 53.3 Å². The minimum absolute atomic E-state index is 0.113. The van der Waals surface area contributed by atoms with E-state index in [0.717, 1.165) is 6.08 Å². The first-order chi connectivity index (χ1) is 7.90. The summed E-state index contributed by atoms with van der Waals surface area (Å²) < 4.78 is 5.82. The maximum Gasteiger partial charge on any atom is 0.336 e. The Bertz CT molecular complexity index is 510. The minimum atomic E-state index is -1.20. The van der Waals surface area contributed by atoms with Crippen molar-refractivity contribution < 1.29 is 24.2 Å². The Morgan fingerprint density at radius 3 is 2.41 bits per heavy atom. The van der Waals surface area contributed by atoms with Crippen molar-refractivity contribution >= 4 is 40.6 Å². The zero-order valence-corrected chi connectivity index (χ0v) is 11.0. The molecule has 5 nitrogen and oxygen atoms in total. The van der Waals surface area contributed by atoms with Crippen LogP contribution in [0, 0.1) is 3.77 Å². The molecule has 0 fully saturated rings. The lowest BCUT2D eigenvalue weighted by molar-refractivity contribution is -0.132. The fourth-order valence-corrected chi connectivity index (χ4v) is 1.59. The summed E-state index contributed by atoms with van der Waals surface area (Å²) >= 11 is 1.95. The molecule has 0 aliphatic rings.